The van der Waals surface area contributed by atoms with Crippen LogP contribution in [0, 0.1) is 13.8 Å². The minimum Gasteiger partial charge on any atom is -0.379 e. The van der Waals surface area contributed by atoms with Crippen molar-refractivity contribution < 1.29 is 0 Å². The van der Waals surface area contributed by atoms with E-state index in [0.29, 0.717) is 6.04 Å². The zero-order valence-electron chi connectivity index (χ0n) is 12.3. The number of hydrogen-bond donors (Lipinski definition) is 1. The number of aromatic nitrogens is 2. The Bertz CT molecular complexity index is 543. The first-order chi connectivity index (χ1) is 9.11. The van der Waals surface area contributed by atoms with Crippen molar-refractivity contribution in [1.82, 2.24) is 9.78 Å². The quantitative estimate of drug-likeness (QED) is 0.874. The molecule has 0 fully saturated rings. The Morgan fingerprint density at radius 2 is 2.05 bits per heavy atom. The van der Waals surface area contributed by atoms with Gasteiger partial charge in [-0.05, 0) is 50.5 Å². The molecule has 0 saturated heterocycles. The zero-order valence-corrected chi connectivity index (χ0v) is 12.3. The monoisotopic (exact) mass is 257 g/mol. The average Bonchev–Trinajstić information content (AvgIpc) is 2.88. The molecule has 1 unspecified atom stereocenters. The minimum atomic E-state index is 0.467. The molecule has 19 heavy (non-hydrogen) atoms. The van der Waals surface area contributed by atoms with Gasteiger partial charge in [-0.3, -0.25) is 4.68 Å². The Balaban J connectivity index is 2.02. The highest BCUT2D eigenvalue weighted by Crippen LogP contribution is 2.18. The molecule has 0 spiro atoms. The molecule has 0 aliphatic rings. The van der Waals surface area contributed by atoms with Crippen LogP contribution in [0.2, 0.25) is 0 Å². The second-order valence-corrected chi connectivity index (χ2v) is 5.15. The van der Waals surface area contributed by atoms with Gasteiger partial charge in [0.25, 0.3) is 0 Å². The number of anilines is 1. The van der Waals surface area contributed by atoms with Crippen LogP contribution in [0.1, 0.15) is 43.1 Å². The summed E-state index contributed by atoms with van der Waals surface area (Å²) in [6, 6.07) is 8.90. The molecule has 1 heterocycles. The topological polar surface area (TPSA) is 29.9 Å². The maximum atomic E-state index is 4.60. The normalized spacial score (nSPS) is 12.4. The number of benzene rings is 1. The van der Waals surface area contributed by atoms with E-state index in [1.807, 2.05) is 4.68 Å². The predicted molar refractivity (Wildman–Crippen MR) is 80.5 cm³/mol. The predicted octanol–water partition coefficient (Wildman–Crippen LogP) is 4.08. The van der Waals surface area contributed by atoms with Gasteiger partial charge in [0.05, 0.1) is 12.2 Å². The number of nitrogens with zero attached hydrogens (tertiary/aromatic N) is 2. The van der Waals surface area contributed by atoms with Crippen molar-refractivity contribution in [3.8, 4) is 0 Å². The van der Waals surface area contributed by atoms with Crippen molar-refractivity contribution >= 4 is 5.69 Å². The van der Waals surface area contributed by atoms with Crippen molar-refractivity contribution in [2.24, 2.45) is 0 Å². The molecule has 0 amide bonds. The van der Waals surface area contributed by atoms with E-state index in [1.165, 1.54) is 16.8 Å². The standard InChI is InChI=1S/C16H23N3/c1-5-13(3)19-10-9-15(18-19)11-17-16-8-6-7-12(2)14(16)4/h6-10,13,17H,5,11H2,1-4H3. The summed E-state index contributed by atoms with van der Waals surface area (Å²) in [4.78, 5) is 0. The van der Waals surface area contributed by atoms with Crippen LogP contribution < -0.4 is 5.32 Å². The van der Waals surface area contributed by atoms with E-state index in [2.05, 4.69) is 68.6 Å². The van der Waals surface area contributed by atoms with Gasteiger partial charge in [0.1, 0.15) is 0 Å². The maximum absolute atomic E-state index is 4.60. The summed E-state index contributed by atoms with van der Waals surface area (Å²) in [5.74, 6) is 0. The number of nitrogens with one attached hydrogen (secondary N) is 1. The largest absolute Gasteiger partial charge is 0.379 e. The smallest absolute Gasteiger partial charge is 0.0815 e. The second kappa shape index (κ2) is 5.91. The lowest BCUT2D eigenvalue weighted by atomic mass is 10.1. The van der Waals surface area contributed by atoms with E-state index in [4.69, 9.17) is 0 Å². The van der Waals surface area contributed by atoms with Crippen LogP contribution in [0.4, 0.5) is 5.69 Å². The molecule has 0 aliphatic carbocycles. The van der Waals surface area contributed by atoms with Gasteiger partial charge in [0, 0.05) is 17.9 Å². The summed E-state index contributed by atoms with van der Waals surface area (Å²) in [5, 5.41) is 8.07. The Kier molecular flexibility index (Phi) is 4.25. The van der Waals surface area contributed by atoms with E-state index in [-0.39, 0.29) is 0 Å². The van der Waals surface area contributed by atoms with Crippen molar-refractivity contribution in [2.75, 3.05) is 5.32 Å². The van der Waals surface area contributed by atoms with Crippen LogP contribution in [0.5, 0.6) is 0 Å². The molecule has 1 aromatic heterocycles. The molecule has 1 N–H and O–H groups in total. The van der Waals surface area contributed by atoms with Gasteiger partial charge >= 0.3 is 0 Å². The number of rotatable bonds is 5. The summed E-state index contributed by atoms with van der Waals surface area (Å²) >= 11 is 0. The third-order valence-corrected chi connectivity index (χ3v) is 3.77. The van der Waals surface area contributed by atoms with Gasteiger partial charge in [-0.15, -0.1) is 0 Å². The fourth-order valence-corrected chi connectivity index (χ4v) is 2.03. The lowest BCUT2D eigenvalue weighted by Crippen LogP contribution is -2.07. The van der Waals surface area contributed by atoms with Crippen molar-refractivity contribution in [3.05, 3.63) is 47.3 Å². The van der Waals surface area contributed by atoms with Gasteiger partial charge in [-0.2, -0.15) is 5.10 Å². The van der Waals surface area contributed by atoms with E-state index >= 15 is 0 Å². The van der Waals surface area contributed by atoms with E-state index in [9.17, 15) is 0 Å². The van der Waals surface area contributed by atoms with Crippen LogP contribution in [0.15, 0.2) is 30.5 Å². The summed E-state index contributed by atoms with van der Waals surface area (Å²) in [7, 11) is 0. The van der Waals surface area contributed by atoms with Crippen LogP contribution >= 0.6 is 0 Å². The Morgan fingerprint density at radius 1 is 1.26 bits per heavy atom. The third-order valence-electron chi connectivity index (χ3n) is 3.77. The minimum absolute atomic E-state index is 0.467. The molecule has 1 atom stereocenters. The van der Waals surface area contributed by atoms with Gasteiger partial charge < -0.3 is 5.32 Å². The maximum Gasteiger partial charge on any atom is 0.0815 e. The lowest BCUT2D eigenvalue weighted by molar-refractivity contribution is 0.474. The Morgan fingerprint density at radius 3 is 2.79 bits per heavy atom. The van der Waals surface area contributed by atoms with E-state index < -0.39 is 0 Å². The lowest BCUT2D eigenvalue weighted by Gasteiger charge is -2.11. The molecule has 3 heteroatoms. The first-order valence-electron chi connectivity index (χ1n) is 6.96. The molecule has 0 saturated carbocycles. The summed E-state index contributed by atoms with van der Waals surface area (Å²) in [6.07, 6.45) is 3.17. The molecule has 1 aromatic carbocycles. The number of aryl methyl sites for hydroxylation is 1. The van der Waals surface area contributed by atoms with Crippen molar-refractivity contribution in [1.29, 1.82) is 0 Å². The zero-order chi connectivity index (χ0) is 13.8. The molecule has 102 valence electrons. The fourth-order valence-electron chi connectivity index (χ4n) is 2.03. The summed E-state index contributed by atoms with van der Waals surface area (Å²) < 4.78 is 2.04. The third kappa shape index (κ3) is 3.16. The number of hydrogen-bond acceptors (Lipinski definition) is 2. The van der Waals surface area contributed by atoms with Crippen LogP contribution in [-0.2, 0) is 6.54 Å². The SMILES string of the molecule is CCC(C)n1ccc(CNc2cccc(C)c2C)n1. The van der Waals surface area contributed by atoms with Gasteiger partial charge in [0.2, 0.25) is 0 Å². The first kappa shape index (κ1) is 13.7. The van der Waals surface area contributed by atoms with E-state index in [0.717, 1.165) is 18.7 Å². The molecule has 2 aromatic rings. The van der Waals surface area contributed by atoms with Crippen LogP contribution in [0.25, 0.3) is 0 Å². The Hall–Kier alpha value is -1.77. The summed E-state index contributed by atoms with van der Waals surface area (Å²) in [6.45, 7) is 9.43. The molecule has 0 radical (unpaired) electrons. The molecular formula is C16H23N3. The second-order valence-electron chi connectivity index (χ2n) is 5.15. The molecule has 0 aliphatic heterocycles. The highest BCUT2D eigenvalue weighted by atomic mass is 15.3. The molecule has 2 rings (SSSR count). The Labute approximate surface area is 115 Å². The van der Waals surface area contributed by atoms with Crippen molar-refractivity contribution in [3.63, 3.8) is 0 Å². The molecule has 3 nitrogen and oxygen atoms in total. The fraction of sp³-hybridized carbons (Fsp3) is 0.438. The van der Waals surface area contributed by atoms with Gasteiger partial charge in [-0.25, -0.2) is 0 Å². The molecular weight excluding hydrogens is 234 g/mol. The highest BCUT2D eigenvalue weighted by Gasteiger charge is 2.05. The average molecular weight is 257 g/mol. The molecule has 0 bridgehead atoms. The van der Waals surface area contributed by atoms with Crippen LogP contribution in [0.3, 0.4) is 0 Å². The van der Waals surface area contributed by atoms with Gasteiger partial charge in [-0.1, -0.05) is 19.1 Å². The highest BCUT2D eigenvalue weighted by molar-refractivity contribution is 5.53. The van der Waals surface area contributed by atoms with E-state index in [1.54, 1.807) is 0 Å². The summed E-state index contributed by atoms with van der Waals surface area (Å²) in [5.41, 5.74) is 4.90. The van der Waals surface area contributed by atoms with Crippen LogP contribution in [-0.4, -0.2) is 9.78 Å². The first-order valence-corrected chi connectivity index (χ1v) is 6.96. The van der Waals surface area contributed by atoms with Crippen molar-refractivity contribution in [2.45, 2.75) is 46.7 Å². The van der Waals surface area contributed by atoms with Gasteiger partial charge in [0.15, 0.2) is 0 Å².